The number of hydrogen-bond donors (Lipinski definition) is 9. The summed E-state index contributed by atoms with van der Waals surface area (Å²) in [5.41, 5.74) is 0.455. The van der Waals surface area contributed by atoms with Crippen LogP contribution in [0.25, 0.3) is 0 Å². The number of aliphatic carboxylic acids is 1. The van der Waals surface area contributed by atoms with Gasteiger partial charge in [0.25, 0.3) is 0 Å². The monoisotopic (exact) mass is 1310 g/mol. The number of aliphatic hydroxyl groups is 8. The van der Waals surface area contributed by atoms with E-state index in [4.69, 9.17) is 38.3 Å². The Kier molecular flexibility index (Phi) is 32.4. The van der Waals surface area contributed by atoms with Crippen LogP contribution in [0.2, 0.25) is 0 Å². The first-order chi connectivity index (χ1) is 44.6. The third-order valence-electron chi connectivity index (χ3n) is 18.3. The van der Waals surface area contributed by atoms with E-state index in [-0.39, 0.29) is 69.2 Å². The van der Waals surface area contributed by atoms with E-state index >= 15 is 0 Å². The fraction of sp³-hybridized carbons (Fsp3) is 0.595. The molecule has 9 N–H and O–H groups in total. The van der Waals surface area contributed by atoms with Crippen LogP contribution >= 0.6 is 0 Å². The molecule has 6 aliphatic heterocycles. The van der Waals surface area contributed by atoms with Crippen molar-refractivity contribution < 1.29 is 98.3 Å². The van der Waals surface area contributed by atoms with Gasteiger partial charge in [-0.25, -0.2) is 19.2 Å². The van der Waals surface area contributed by atoms with Gasteiger partial charge < -0.3 is 79.1 Å². The lowest BCUT2D eigenvalue weighted by Gasteiger charge is -2.47. The van der Waals surface area contributed by atoms with Crippen LogP contribution < -0.4 is 0 Å². The number of carbonyl (C=O) groups excluding carboxylic acids is 3. The van der Waals surface area contributed by atoms with Crippen LogP contribution in [0.4, 0.5) is 0 Å². The highest BCUT2D eigenvalue weighted by molar-refractivity contribution is 5.83. The number of aliphatic hydroxyl groups excluding tert-OH is 6. The van der Waals surface area contributed by atoms with E-state index in [1.165, 1.54) is 12.2 Å². The number of esters is 3. The molecule has 4 saturated heterocycles. The highest BCUT2D eigenvalue weighted by Crippen LogP contribution is 2.43. The van der Waals surface area contributed by atoms with Crippen molar-refractivity contribution in [1.82, 2.24) is 0 Å². The Morgan fingerprint density at radius 3 is 1.65 bits per heavy atom. The smallest absolute Gasteiger partial charge is 0.335 e. The molecule has 6 aliphatic rings. The van der Waals surface area contributed by atoms with E-state index in [0.717, 1.165) is 11.1 Å². The van der Waals surface area contributed by atoms with Crippen LogP contribution in [-0.4, -0.2) is 181 Å². The molecule has 0 aromatic carbocycles. The summed E-state index contributed by atoms with van der Waals surface area (Å²) in [7, 11) is 0. The van der Waals surface area contributed by atoms with E-state index < -0.39 is 114 Å². The zero-order valence-electron chi connectivity index (χ0n) is 56.1. The summed E-state index contributed by atoms with van der Waals surface area (Å²) >= 11 is 0. The SMILES string of the molecule is C=C(COC(=O)C(O)C/C=C\C[C@@H]1O[C@@H]2/C=C/C/C=C/C(C)=C\[C@H]3O[C@@H](C/C=C/C=C/C(=O)O[C@H](C2)[C@@]1(C)CO)CC(O)(O)[C@H]3C)C(O)CC(C)C.CC1=C/[C@H]2O[C@@H](C/C=C/C=C/C(=O)O[C@@H]3C[C@@H](/C=C/C\C=C\1)O[C@@H](C/C=C\CC(O)C(=O)O)[C@]3(C)CO)C[C@H](O)[C@H]2C. The lowest BCUT2D eigenvalue weighted by atomic mass is 9.73. The maximum Gasteiger partial charge on any atom is 0.335 e. The van der Waals surface area contributed by atoms with Crippen molar-refractivity contribution in [2.24, 2.45) is 28.6 Å². The normalized spacial score (nSPS) is 36.9. The van der Waals surface area contributed by atoms with Crippen molar-refractivity contribution in [1.29, 1.82) is 0 Å². The number of ether oxygens (including phenoxy) is 7. The second kappa shape index (κ2) is 38.7. The van der Waals surface area contributed by atoms with Gasteiger partial charge >= 0.3 is 23.9 Å². The van der Waals surface area contributed by atoms with Gasteiger partial charge in [0.05, 0.1) is 85.1 Å². The number of carboxylic acids is 1. The minimum absolute atomic E-state index is 0.0178. The lowest BCUT2D eigenvalue weighted by molar-refractivity contribution is -0.270. The van der Waals surface area contributed by atoms with Crippen LogP contribution in [0.5, 0.6) is 0 Å². The van der Waals surface area contributed by atoms with Gasteiger partial charge in [0.2, 0.25) is 0 Å². The average Bonchev–Trinajstić information content (AvgIpc) is 0.796. The first-order valence-electron chi connectivity index (χ1n) is 33.1. The topological polar surface area (TPSA) is 315 Å². The summed E-state index contributed by atoms with van der Waals surface area (Å²) in [5, 5.41) is 91.9. The van der Waals surface area contributed by atoms with Crippen LogP contribution in [0.1, 0.15) is 139 Å². The quantitative estimate of drug-likeness (QED) is 0.0285. The molecule has 0 spiro atoms. The summed E-state index contributed by atoms with van der Waals surface area (Å²) < 4.78 is 42.2. The molecule has 94 heavy (non-hydrogen) atoms. The van der Waals surface area contributed by atoms with Crippen molar-refractivity contribution in [2.75, 3.05) is 19.8 Å². The van der Waals surface area contributed by atoms with E-state index in [1.54, 1.807) is 68.5 Å². The summed E-state index contributed by atoms with van der Waals surface area (Å²) in [5.74, 6) is -5.42. The van der Waals surface area contributed by atoms with Gasteiger partial charge in [-0.3, -0.25) is 0 Å². The summed E-state index contributed by atoms with van der Waals surface area (Å²) in [6.45, 7) is 18.2. The fourth-order valence-electron chi connectivity index (χ4n) is 11.9. The van der Waals surface area contributed by atoms with Gasteiger partial charge in [-0.15, -0.1) is 0 Å². The Bertz CT molecular complexity index is 2830. The Balaban J connectivity index is 0.000000348. The van der Waals surface area contributed by atoms with Gasteiger partial charge in [0, 0.05) is 62.5 Å². The standard InChI is InChI=1S/C41H60O11.C33H46O9/c1-27(2)21-34(44)29(4)25-49-39(46)33(43)18-13-14-19-36-40(6,26-42)37-23-31(51-36)16-10-7-9-15-28(3)22-35-30(5)41(47,48)24-32(50-35)17-11-8-12-20-38(45)52-37;1-22-12-6-4-7-14-25-20-30(33(3,21-34)29(41-25)16-11-10-15-26(35)32(38)39)42-31(37)17-9-5-8-13-24-19-27(36)23(2)28(18-22)40-24/h8-16,20,22,27,30-37,42-44,47-48H,4,7,17-19,21,23-26H2,1-3,5-6H3;5-12,14,17-18,23-30,34-36H,4,13,15-16,19-21H2,1-3H3,(H,38,39)/b11-8+,14-13-,15-9+,16-10+,20-12+,28-22-;8-5+,11-10-,12-6+,14-7+,17-9+,22-18-/t30-,31+,32-,33?,34?,35+,36-,37+,40-;23-,24+,25-,26?,27+,28-,29+,30-,33+/m01/s1. The highest BCUT2D eigenvalue weighted by Gasteiger charge is 2.51. The molecule has 8 bridgehead atoms. The van der Waals surface area contributed by atoms with Crippen molar-refractivity contribution in [3.05, 3.63) is 157 Å². The second-order valence-electron chi connectivity index (χ2n) is 26.6. The van der Waals surface area contributed by atoms with Crippen LogP contribution in [0.3, 0.4) is 0 Å². The van der Waals surface area contributed by atoms with E-state index in [0.29, 0.717) is 69.8 Å². The lowest BCUT2D eigenvalue weighted by Crippen LogP contribution is -2.55. The van der Waals surface area contributed by atoms with E-state index in [9.17, 15) is 60.0 Å². The van der Waals surface area contributed by atoms with Crippen molar-refractivity contribution in [3.63, 3.8) is 0 Å². The molecular formula is C74H106O20. The summed E-state index contributed by atoms with van der Waals surface area (Å²) in [6.07, 6.45) is 35.3. The highest BCUT2D eigenvalue weighted by atomic mass is 16.6. The Labute approximate surface area is 555 Å². The second-order valence-corrected chi connectivity index (χ2v) is 26.6. The number of rotatable bonds is 17. The number of allylic oxidation sites excluding steroid dienone is 12. The third-order valence-corrected chi connectivity index (χ3v) is 18.3. The molecule has 20 heteroatoms. The molecule has 6 heterocycles. The fourth-order valence-corrected chi connectivity index (χ4v) is 11.9. The molecule has 0 saturated carbocycles. The number of carboxylic acid groups (broad SMARTS) is 1. The summed E-state index contributed by atoms with van der Waals surface area (Å²) in [6, 6.07) is 0. The molecule has 3 unspecified atom stereocenters. The zero-order valence-corrected chi connectivity index (χ0v) is 56.1. The van der Waals surface area contributed by atoms with Gasteiger partial charge in [-0.1, -0.05) is 181 Å². The van der Waals surface area contributed by atoms with Crippen molar-refractivity contribution >= 4 is 23.9 Å². The predicted octanol–water partition coefficient (Wildman–Crippen LogP) is 8.65. The molecule has 0 radical (unpaired) electrons. The molecule has 522 valence electrons. The molecule has 0 aliphatic carbocycles. The predicted molar refractivity (Wildman–Crippen MR) is 356 cm³/mol. The summed E-state index contributed by atoms with van der Waals surface area (Å²) in [4.78, 5) is 49.0. The Morgan fingerprint density at radius 1 is 0.660 bits per heavy atom. The van der Waals surface area contributed by atoms with Crippen molar-refractivity contribution in [3.8, 4) is 0 Å². The maximum atomic E-state index is 13.0. The van der Waals surface area contributed by atoms with Crippen LogP contribution in [0.15, 0.2) is 157 Å². The minimum atomic E-state index is -1.88. The van der Waals surface area contributed by atoms with E-state index in [1.807, 2.05) is 102 Å². The average molecular weight is 1320 g/mol. The molecule has 20 nitrogen and oxygen atoms in total. The molecule has 6 rings (SSSR count). The first-order valence-corrected chi connectivity index (χ1v) is 33.1. The molecule has 0 amide bonds. The van der Waals surface area contributed by atoms with Gasteiger partial charge in [0.15, 0.2) is 18.0 Å². The molecule has 0 aromatic rings. The van der Waals surface area contributed by atoms with Gasteiger partial charge in [-0.2, -0.15) is 0 Å². The molecule has 4 fully saturated rings. The van der Waals surface area contributed by atoms with E-state index in [2.05, 4.69) is 12.7 Å². The zero-order chi connectivity index (χ0) is 69.2. The van der Waals surface area contributed by atoms with Crippen LogP contribution in [0, 0.1) is 28.6 Å². The number of hydrogen-bond acceptors (Lipinski definition) is 19. The van der Waals surface area contributed by atoms with Gasteiger partial charge in [0.1, 0.15) is 18.8 Å². The maximum absolute atomic E-state index is 13.0. The number of carbonyl (C=O) groups is 4. The Hall–Kier alpha value is -5.98. The first kappa shape index (κ1) is 78.7. The molecule has 0 aromatic heterocycles. The number of fused-ring (bicyclic) bond motifs is 8. The largest absolute Gasteiger partial charge is 0.479 e. The minimum Gasteiger partial charge on any atom is -0.479 e. The van der Waals surface area contributed by atoms with Crippen molar-refractivity contribution in [2.45, 2.75) is 230 Å². The molecular weight excluding hydrogens is 1210 g/mol. The molecule has 18 atom stereocenters. The third kappa shape index (κ3) is 24.9. The van der Waals surface area contributed by atoms with Crippen LogP contribution in [-0.2, 0) is 52.3 Å². The van der Waals surface area contributed by atoms with Gasteiger partial charge in [-0.05, 0) is 70.3 Å². The Morgan fingerprint density at radius 2 is 1.15 bits per heavy atom.